The van der Waals surface area contributed by atoms with Crippen molar-refractivity contribution in [3.05, 3.63) is 11.4 Å². The third-order valence-electron chi connectivity index (χ3n) is 2.89. The van der Waals surface area contributed by atoms with Crippen LogP contribution in [0.2, 0.25) is 0 Å². The highest BCUT2D eigenvalue weighted by Gasteiger charge is 2.24. The summed E-state index contributed by atoms with van der Waals surface area (Å²) in [6, 6.07) is 0. The summed E-state index contributed by atoms with van der Waals surface area (Å²) in [5.74, 6) is 0.0110. The first-order valence-corrected chi connectivity index (χ1v) is 5.43. The van der Waals surface area contributed by atoms with Crippen molar-refractivity contribution in [1.29, 1.82) is 0 Å². The SMILES string of the molecule is Cn1nnc(CC(N)=O)c1C1CCOCC1. The first kappa shape index (κ1) is 11.1. The predicted molar refractivity (Wildman–Crippen MR) is 56.7 cm³/mol. The number of aromatic nitrogens is 3. The molecule has 0 unspecified atom stereocenters. The quantitative estimate of drug-likeness (QED) is 0.766. The van der Waals surface area contributed by atoms with Crippen LogP contribution < -0.4 is 5.73 Å². The number of carbonyl (C=O) groups is 1. The Morgan fingerprint density at radius 3 is 2.88 bits per heavy atom. The lowest BCUT2D eigenvalue weighted by molar-refractivity contribution is -0.117. The number of hydrogen-bond donors (Lipinski definition) is 1. The first-order valence-electron chi connectivity index (χ1n) is 5.43. The summed E-state index contributed by atoms with van der Waals surface area (Å²) in [4.78, 5) is 10.9. The third-order valence-corrected chi connectivity index (χ3v) is 2.89. The van der Waals surface area contributed by atoms with E-state index in [9.17, 15) is 4.79 Å². The molecule has 2 rings (SSSR count). The molecule has 1 aromatic rings. The number of aryl methyl sites for hydroxylation is 1. The molecule has 1 aromatic heterocycles. The largest absolute Gasteiger partial charge is 0.381 e. The lowest BCUT2D eigenvalue weighted by Gasteiger charge is -2.22. The van der Waals surface area contributed by atoms with Crippen molar-refractivity contribution in [1.82, 2.24) is 15.0 Å². The van der Waals surface area contributed by atoms with Gasteiger partial charge in [-0.25, -0.2) is 0 Å². The van der Waals surface area contributed by atoms with Gasteiger partial charge in [-0.2, -0.15) is 0 Å². The van der Waals surface area contributed by atoms with E-state index in [2.05, 4.69) is 10.3 Å². The summed E-state index contributed by atoms with van der Waals surface area (Å²) in [5, 5.41) is 7.97. The molecule has 0 radical (unpaired) electrons. The molecule has 1 aliphatic rings. The zero-order valence-electron chi connectivity index (χ0n) is 9.35. The lowest BCUT2D eigenvalue weighted by atomic mass is 9.94. The van der Waals surface area contributed by atoms with Gasteiger partial charge in [0.2, 0.25) is 5.91 Å². The van der Waals surface area contributed by atoms with Gasteiger partial charge >= 0.3 is 0 Å². The summed E-state index contributed by atoms with van der Waals surface area (Å²) in [6.07, 6.45) is 2.07. The molecule has 16 heavy (non-hydrogen) atoms. The Hall–Kier alpha value is -1.43. The number of carbonyl (C=O) groups excluding carboxylic acids is 1. The number of hydrogen-bond acceptors (Lipinski definition) is 4. The van der Waals surface area contributed by atoms with Crippen LogP contribution in [0.5, 0.6) is 0 Å². The maximum absolute atomic E-state index is 10.9. The van der Waals surface area contributed by atoms with E-state index < -0.39 is 0 Å². The minimum absolute atomic E-state index is 0.167. The van der Waals surface area contributed by atoms with Gasteiger partial charge in [-0.1, -0.05) is 5.21 Å². The van der Waals surface area contributed by atoms with Crippen molar-refractivity contribution in [3.8, 4) is 0 Å². The van der Waals surface area contributed by atoms with Crippen LogP contribution in [0.25, 0.3) is 0 Å². The molecule has 1 aliphatic heterocycles. The van der Waals surface area contributed by atoms with E-state index in [4.69, 9.17) is 10.5 Å². The van der Waals surface area contributed by atoms with Gasteiger partial charge in [0.1, 0.15) is 0 Å². The van der Waals surface area contributed by atoms with Gasteiger partial charge in [-0.05, 0) is 12.8 Å². The highest BCUT2D eigenvalue weighted by atomic mass is 16.5. The summed E-state index contributed by atoms with van der Waals surface area (Å²) in [7, 11) is 1.85. The van der Waals surface area contributed by atoms with E-state index in [0.29, 0.717) is 11.6 Å². The second kappa shape index (κ2) is 4.61. The van der Waals surface area contributed by atoms with Crippen LogP contribution in [0, 0.1) is 0 Å². The van der Waals surface area contributed by atoms with Crippen LogP contribution in [0.15, 0.2) is 0 Å². The van der Waals surface area contributed by atoms with Crippen molar-refractivity contribution in [3.63, 3.8) is 0 Å². The molecule has 2 N–H and O–H groups in total. The summed E-state index contributed by atoms with van der Waals surface area (Å²) in [5.41, 5.74) is 6.93. The molecule has 0 atom stereocenters. The summed E-state index contributed by atoms with van der Waals surface area (Å²) in [6.45, 7) is 1.51. The fourth-order valence-corrected chi connectivity index (χ4v) is 2.17. The zero-order valence-corrected chi connectivity index (χ0v) is 9.35. The molecule has 6 nitrogen and oxygen atoms in total. The highest BCUT2D eigenvalue weighted by molar-refractivity contribution is 5.76. The fourth-order valence-electron chi connectivity index (χ4n) is 2.17. The molecule has 0 aromatic carbocycles. The van der Waals surface area contributed by atoms with Gasteiger partial charge < -0.3 is 10.5 Å². The minimum atomic E-state index is -0.367. The first-order chi connectivity index (χ1) is 7.68. The Bertz CT molecular complexity index is 382. The smallest absolute Gasteiger partial charge is 0.223 e. The van der Waals surface area contributed by atoms with E-state index in [1.54, 1.807) is 4.68 Å². The minimum Gasteiger partial charge on any atom is -0.381 e. The number of amides is 1. The maximum Gasteiger partial charge on any atom is 0.223 e. The van der Waals surface area contributed by atoms with Gasteiger partial charge in [0, 0.05) is 26.2 Å². The van der Waals surface area contributed by atoms with E-state index in [1.807, 2.05) is 7.05 Å². The second-order valence-electron chi connectivity index (χ2n) is 4.07. The van der Waals surface area contributed by atoms with Gasteiger partial charge in [-0.3, -0.25) is 9.48 Å². The van der Waals surface area contributed by atoms with Gasteiger partial charge in [0.25, 0.3) is 0 Å². The molecule has 0 spiro atoms. The number of ether oxygens (including phenoxy) is 1. The van der Waals surface area contributed by atoms with Gasteiger partial charge in [-0.15, -0.1) is 5.10 Å². The van der Waals surface area contributed by atoms with Crippen LogP contribution in [-0.2, 0) is 23.0 Å². The molecule has 1 amide bonds. The van der Waals surface area contributed by atoms with E-state index in [1.165, 1.54) is 0 Å². The monoisotopic (exact) mass is 224 g/mol. The Morgan fingerprint density at radius 2 is 2.25 bits per heavy atom. The van der Waals surface area contributed by atoms with Crippen LogP contribution in [0.1, 0.15) is 30.1 Å². The number of rotatable bonds is 3. The number of primary amides is 1. The van der Waals surface area contributed by atoms with Crippen molar-refractivity contribution in [2.45, 2.75) is 25.2 Å². The van der Waals surface area contributed by atoms with E-state index in [0.717, 1.165) is 31.7 Å². The second-order valence-corrected chi connectivity index (χ2v) is 4.07. The van der Waals surface area contributed by atoms with Gasteiger partial charge in [0.05, 0.1) is 17.8 Å². The normalized spacial score (nSPS) is 17.6. The number of nitrogens with zero attached hydrogens (tertiary/aromatic N) is 3. The van der Waals surface area contributed by atoms with Crippen molar-refractivity contribution in [2.75, 3.05) is 13.2 Å². The summed E-state index contributed by atoms with van der Waals surface area (Å²) >= 11 is 0. The van der Waals surface area contributed by atoms with Crippen molar-refractivity contribution in [2.24, 2.45) is 12.8 Å². The molecular weight excluding hydrogens is 208 g/mol. The van der Waals surface area contributed by atoms with E-state index >= 15 is 0 Å². The zero-order chi connectivity index (χ0) is 11.5. The molecule has 0 aliphatic carbocycles. The average molecular weight is 224 g/mol. The van der Waals surface area contributed by atoms with Crippen LogP contribution in [0.4, 0.5) is 0 Å². The van der Waals surface area contributed by atoms with Crippen LogP contribution in [-0.4, -0.2) is 34.1 Å². The number of nitrogens with two attached hydrogens (primary N) is 1. The van der Waals surface area contributed by atoms with Crippen molar-refractivity contribution >= 4 is 5.91 Å². The molecule has 1 fully saturated rings. The van der Waals surface area contributed by atoms with E-state index in [-0.39, 0.29) is 12.3 Å². The molecule has 6 heteroatoms. The fraction of sp³-hybridized carbons (Fsp3) is 0.700. The standard InChI is InChI=1S/C10H16N4O2/c1-14-10(7-2-4-16-5-3-7)8(12-13-14)6-9(11)15/h7H,2-6H2,1H3,(H2,11,15). The third kappa shape index (κ3) is 2.21. The Kier molecular flexibility index (Phi) is 3.19. The molecule has 0 saturated carbocycles. The molecule has 0 bridgehead atoms. The summed E-state index contributed by atoms with van der Waals surface area (Å²) < 4.78 is 7.06. The Morgan fingerprint density at radius 1 is 1.56 bits per heavy atom. The molecule has 1 saturated heterocycles. The Balaban J connectivity index is 2.23. The topological polar surface area (TPSA) is 83.0 Å². The highest BCUT2D eigenvalue weighted by Crippen LogP contribution is 2.28. The van der Waals surface area contributed by atoms with Gasteiger partial charge in [0.15, 0.2) is 0 Å². The molecule has 88 valence electrons. The molecule has 2 heterocycles. The predicted octanol–water partition coefficient (Wildman–Crippen LogP) is -0.263. The molecular formula is C10H16N4O2. The van der Waals surface area contributed by atoms with Crippen LogP contribution >= 0.6 is 0 Å². The maximum atomic E-state index is 10.9. The lowest BCUT2D eigenvalue weighted by Crippen LogP contribution is -2.20. The van der Waals surface area contributed by atoms with Crippen LogP contribution in [0.3, 0.4) is 0 Å². The Labute approximate surface area is 93.8 Å². The average Bonchev–Trinajstić information content (AvgIpc) is 2.60. The van der Waals surface area contributed by atoms with Crippen molar-refractivity contribution < 1.29 is 9.53 Å².